The molecular formula is C14H20BrNO3S. The fraction of sp³-hybridized carbons (Fsp3) is 0.571. The molecule has 0 saturated heterocycles. The zero-order valence-electron chi connectivity index (χ0n) is 11.8. The van der Waals surface area contributed by atoms with Gasteiger partial charge in [-0.25, -0.2) is 8.42 Å². The summed E-state index contributed by atoms with van der Waals surface area (Å²) in [6.45, 7) is 0. The van der Waals surface area contributed by atoms with Crippen LogP contribution in [0.5, 0.6) is 5.75 Å². The van der Waals surface area contributed by atoms with Crippen LogP contribution in [0.1, 0.15) is 25.7 Å². The highest BCUT2D eigenvalue weighted by molar-refractivity contribution is 9.09. The molecule has 2 rings (SSSR count). The summed E-state index contributed by atoms with van der Waals surface area (Å²) in [6, 6.07) is 6.56. The molecule has 1 aromatic carbocycles. The molecule has 1 saturated carbocycles. The molecule has 20 heavy (non-hydrogen) atoms. The van der Waals surface area contributed by atoms with Crippen molar-refractivity contribution in [1.29, 1.82) is 0 Å². The predicted molar refractivity (Wildman–Crippen MR) is 82.9 cm³/mol. The summed E-state index contributed by atoms with van der Waals surface area (Å²) in [4.78, 5) is 0.542. The van der Waals surface area contributed by atoms with Crippen molar-refractivity contribution in [2.45, 2.75) is 41.4 Å². The van der Waals surface area contributed by atoms with Crippen molar-refractivity contribution in [3.63, 3.8) is 0 Å². The van der Waals surface area contributed by atoms with Crippen molar-refractivity contribution in [1.82, 2.24) is 4.31 Å². The van der Waals surface area contributed by atoms with E-state index in [0.717, 1.165) is 25.7 Å². The molecule has 0 aliphatic heterocycles. The molecule has 0 bridgehead atoms. The van der Waals surface area contributed by atoms with E-state index in [9.17, 15) is 8.42 Å². The van der Waals surface area contributed by atoms with Gasteiger partial charge in [0.05, 0.1) is 12.0 Å². The van der Waals surface area contributed by atoms with Crippen LogP contribution in [0.3, 0.4) is 0 Å². The maximum absolute atomic E-state index is 12.6. The molecule has 1 aliphatic rings. The van der Waals surface area contributed by atoms with Crippen LogP contribution in [0.4, 0.5) is 0 Å². The lowest BCUT2D eigenvalue weighted by Crippen LogP contribution is -2.43. The summed E-state index contributed by atoms with van der Waals surface area (Å²) >= 11 is 3.62. The Bertz CT molecular complexity index is 544. The van der Waals surface area contributed by atoms with Crippen LogP contribution in [-0.4, -0.2) is 37.7 Å². The molecular weight excluding hydrogens is 342 g/mol. The van der Waals surface area contributed by atoms with Crippen molar-refractivity contribution in [3.05, 3.63) is 24.3 Å². The van der Waals surface area contributed by atoms with E-state index < -0.39 is 10.0 Å². The summed E-state index contributed by atoms with van der Waals surface area (Å²) in [6.07, 6.45) is 4.16. The van der Waals surface area contributed by atoms with Crippen molar-refractivity contribution < 1.29 is 13.2 Å². The number of hydrogen-bond acceptors (Lipinski definition) is 3. The van der Waals surface area contributed by atoms with Crippen molar-refractivity contribution in [3.8, 4) is 5.75 Å². The number of nitrogens with zero attached hydrogens (tertiary/aromatic N) is 1. The lowest BCUT2D eigenvalue weighted by molar-refractivity contribution is 0.297. The zero-order valence-corrected chi connectivity index (χ0v) is 14.2. The number of halogens is 1. The predicted octanol–water partition coefficient (Wildman–Crippen LogP) is 3.02. The summed E-state index contributed by atoms with van der Waals surface area (Å²) < 4.78 is 31.8. The first kappa shape index (κ1) is 15.8. The molecule has 4 nitrogen and oxygen atoms in total. The third-order valence-corrected chi connectivity index (χ3v) is 6.82. The fourth-order valence-electron chi connectivity index (χ4n) is 2.57. The molecule has 1 aromatic rings. The second kappa shape index (κ2) is 6.45. The lowest BCUT2D eigenvalue weighted by atomic mass is 9.96. The minimum absolute atomic E-state index is 0.0239. The number of rotatable bonds is 4. The van der Waals surface area contributed by atoms with E-state index in [2.05, 4.69) is 15.9 Å². The minimum atomic E-state index is -3.45. The first-order chi connectivity index (χ1) is 9.46. The molecule has 0 N–H and O–H groups in total. The molecule has 0 amide bonds. The Labute approximate surface area is 129 Å². The molecule has 2 atom stereocenters. The van der Waals surface area contributed by atoms with Gasteiger partial charge in [-0.15, -0.1) is 0 Å². The first-order valence-electron chi connectivity index (χ1n) is 6.73. The summed E-state index contributed by atoms with van der Waals surface area (Å²) in [5.74, 6) is 0.655. The van der Waals surface area contributed by atoms with E-state index in [1.54, 1.807) is 38.4 Å². The van der Waals surface area contributed by atoms with Gasteiger partial charge in [0.15, 0.2) is 0 Å². The Kier molecular flexibility index (Phi) is 5.09. The SMILES string of the molecule is COc1ccc(S(=O)(=O)N(C)C2CCCCC2Br)cc1. The molecule has 1 fully saturated rings. The molecule has 2 unspecified atom stereocenters. The Hall–Kier alpha value is -0.590. The number of sulfonamides is 1. The Morgan fingerprint density at radius 2 is 1.80 bits per heavy atom. The van der Waals surface area contributed by atoms with Crippen LogP contribution in [0.15, 0.2) is 29.2 Å². The Morgan fingerprint density at radius 3 is 2.35 bits per heavy atom. The van der Waals surface area contributed by atoms with E-state index in [1.165, 1.54) is 4.31 Å². The van der Waals surface area contributed by atoms with Crippen LogP contribution in [0.2, 0.25) is 0 Å². The number of benzene rings is 1. The third kappa shape index (κ3) is 3.18. The normalized spacial score (nSPS) is 23.8. The smallest absolute Gasteiger partial charge is 0.243 e. The van der Waals surface area contributed by atoms with Gasteiger partial charge in [0.1, 0.15) is 5.75 Å². The standard InChI is InChI=1S/C14H20BrNO3S/c1-16(14-6-4-3-5-13(14)15)20(17,18)12-9-7-11(19-2)8-10-12/h7-10,13-14H,3-6H2,1-2H3. The van der Waals surface area contributed by atoms with Crippen molar-refractivity contribution in [2.75, 3.05) is 14.2 Å². The molecule has 0 spiro atoms. The second-order valence-corrected chi connectivity index (χ2v) is 8.24. The minimum Gasteiger partial charge on any atom is -0.497 e. The Balaban J connectivity index is 2.23. The van der Waals surface area contributed by atoms with Crippen LogP contribution in [-0.2, 0) is 10.0 Å². The zero-order chi connectivity index (χ0) is 14.8. The molecule has 0 heterocycles. The summed E-state index contributed by atoms with van der Waals surface area (Å²) in [5.41, 5.74) is 0. The van der Waals surface area contributed by atoms with E-state index in [-0.39, 0.29) is 10.9 Å². The van der Waals surface area contributed by atoms with Gasteiger partial charge >= 0.3 is 0 Å². The first-order valence-corrected chi connectivity index (χ1v) is 9.08. The van der Waals surface area contributed by atoms with Crippen LogP contribution < -0.4 is 4.74 Å². The number of alkyl halides is 1. The van der Waals surface area contributed by atoms with Gasteiger partial charge in [0, 0.05) is 17.9 Å². The third-order valence-electron chi connectivity index (χ3n) is 3.85. The molecule has 6 heteroatoms. The van der Waals surface area contributed by atoms with Crippen LogP contribution >= 0.6 is 15.9 Å². The monoisotopic (exact) mass is 361 g/mol. The number of ether oxygens (including phenoxy) is 1. The average molecular weight is 362 g/mol. The molecule has 112 valence electrons. The van der Waals surface area contributed by atoms with E-state index in [4.69, 9.17) is 4.74 Å². The van der Waals surface area contributed by atoms with Gasteiger partial charge in [0.2, 0.25) is 10.0 Å². The highest BCUT2D eigenvalue weighted by Crippen LogP contribution is 2.31. The van der Waals surface area contributed by atoms with Gasteiger partial charge < -0.3 is 4.74 Å². The van der Waals surface area contributed by atoms with Crippen LogP contribution in [0, 0.1) is 0 Å². The van der Waals surface area contributed by atoms with Gasteiger partial charge in [0.25, 0.3) is 0 Å². The quantitative estimate of drug-likeness (QED) is 0.774. The van der Waals surface area contributed by atoms with Gasteiger partial charge in [-0.05, 0) is 37.1 Å². The average Bonchev–Trinajstić information content (AvgIpc) is 2.47. The highest BCUT2D eigenvalue weighted by Gasteiger charge is 2.33. The van der Waals surface area contributed by atoms with Gasteiger partial charge in [-0.2, -0.15) is 4.31 Å². The van der Waals surface area contributed by atoms with E-state index in [0.29, 0.717) is 10.6 Å². The summed E-state index contributed by atoms with van der Waals surface area (Å²) in [7, 11) is -0.216. The molecule has 0 aromatic heterocycles. The van der Waals surface area contributed by atoms with E-state index >= 15 is 0 Å². The van der Waals surface area contributed by atoms with Crippen molar-refractivity contribution in [2.24, 2.45) is 0 Å². The lowest BCUT2D eigenvalue weighted by Gasteiger charge is -2.34. The number of methoxy groups -OCH3 is 1. The van der Waals surface area contributed by atoms with Crippen LogP contribution in [0.25, 0.3) is 0 Å². The maximum Gasteiger partial charge on any atom is 0.243 e. The van der Waals surface area contributed by atoms with Crippen molar-refractivity contribution >= 4 is 26.0 Å². The maximum atomic E-state index is 12.6. The summed E-state index contributed by atoms with van der Waals surface area (Å²) in [5, 5.41) is 0. The molecule has 1 aliphatic carbocycles. The second-order valence-electron chi connectivity index (χ2n) is 5.06. The molecule has 0 radical (unpaired) electrons. The largest absolute Gasteiger partial charge is 0.497 e. The highest BCUT2D eigenvalue weighted by atomic mass is 79.9. The Morgan fingerprint density at radius 1 is 1.20 bits per heavy atom. The fourth-order valence-corrected chi connectivity index (χ4v) is 5.09. The van der Waals surface area contributed by atoms with E-state index in [1.807, 2.05) is 0 Å². The topological polar surface area (TPSA) is 46.6 Å². The van der Waals surface area contributed by atoms with Gasteiger partial charge in [-0.3, -0.25) is 0 Å². The van der Waals surface area contributed by atoms with Gasteiger partial charge in [-0.1, -0.05) is 28.8 Å². The number of hydrogen-bond donors (Lipinski definition) is 0.